The minimum absolute atomic E-state index is 0.0796. The molecule has 0 bridgehead atoms. The minimum Gasteiger partial charge on any atom is -0.355 e. The number of hydrogen-bond donors (Lipinski definition) is 1. The fourth-order valence-electron chi connectivity index (χ4n) is 2.16. The summed E-state index contributed by atoms with van der Waals surface area (Å²) in [6, 6.07) is 15.5. The Morgan fingerprint density at radius 1 is 1.04 bits per heavy atom. The van der Waals surface area contributed by atoms with Crippen molar-refractivity contribution in [2.45, 2.75) is 18.4 Å². The van der Waals surface area contributed by atoms with Gasteiger partial charge in [-0.05, 0) is 36.8 Å². The summed E-state index contributed by atoms with van der Waals surface area (Å²) in [6.45, 7) is 2.57. The van der Waals surface area contributed by atoms with Crippen molar-refractivity contribution < 1.29 is 9.59 Å². The van der Waals surface area contributed by atoms with Gasteiger partial charge >= 0.3 is 0 Å². The maximum Gasteiger partial charge on any atom is 0.251 e. The quantitative estimate of drug-likeness (QED) is 0.821. The average Bonchev–Trinajstić information content (AvgIpc) is 2.60. The summed E-state index contributed by atoms with van der Waals surface area (Å²) in [6.07, 6.45) is 0. The lowest BCUT2D eigenvalue weighted by Crippen LogP contribution is -2.27. The highest BCUT2D eigenvalue weighted by Gasteiger charge is 2.10. The van der Waals surface area contributed by atoms with E-state index >= 15 is 0 Å². The summed E-state index contributed by atoms with van der Waals surface area (Å²) >= 11 is 1.54. The number of carbonyl (C=O) groups excluding carboxylic acids is 2. The van der Waals surface area contributed by atoms with Crippen molar-refractivity contribution in [1.29, 1.82) is 0 Å². The van der Waals surface area contributed by atoms with Crippen LogP contribution in [0.2, 0.25) is 0 Å². The van der Waals surface area contributed by atoms with Gasteiger partial charge in [0.15, 0.2) is 0 Å². The number of carbonyl (C=O) groups is 2. The van der Waals surface area contributed by atoms with Crippen LogP contribution in [0.4, 0.5) is 0 Å². The largest absolute Gasteiger partial charge is 0.355 e. The number of hydrogen-bond acceptors (Lipinski definition) is 3. The van der Waals surface area contributed by atoms with Gasteiger partial charge < -0.3 is 10.2 Å². The molecule has 1 N–H and O–H groups in total. The third kappa shape index (κ3) is 5.13. The third-order valence-electron chi connectivity index (χ3n) is 3.67. The highest BCUT2D eigenvalue weighted by molar-refractivity contribution is 8.00. The van der Waals surface area contributed by atoms with Crippen molar-refractivity contribution in [3.63, 3.8) is 0 Å². The first-order chi connectivity index (χ1) is 11.5. The van der Waals surface area contributed by atoms with E-state index in [2.05, 4.69) is 5.32 Å². The molecular weight excluding hydrogens is 320 g/mol. The predicted molar refractivity (Wildman–Crippen MR) is 98.2 cm³/mol. The lowest BCUT2D eigenvalue weighted by molar-refractivity contribution is -0.127. The second-order valence-electron chi connectivity index (χ2n) is 5.63. The van der Waals surface area contributed by atoms with Crippen LogP contribution in [-0.4, -0.2) is 36.6 Å². The summed E-state index contributed by atoms with van der Waals surface area (Å²) in [7, 11) is 3.40. The molecule has 0 saturated heterocycles. The zero-order valence-electron chi connectivity index (χ0n) is 14.2. The van der Waals surface area contributed by atoms with Gasteiger partial charge in [-0.1, -0.05) is 29.8 Å². The van der Waals surface area contributed by atoms with Gasteiger partial charge in [0.2, 0.25) is 5.91 Å². The van der Waals surface area contributed by atoms with Crippen molar-refractivity contribution in [2.24, 2.45) is 0 Å². The lowest BCUT2D eigenvalue weighted by atomic mass is 10.1. The molecule has 0 unspecified atom stereocenters. The number of nitrogens with one attached hydrogen (secondary N) is 1. The van der Waals surface area contributed by atoms with Crippen LogP contribution in [0.5, 0.6) is 0 Å². The van der Waals surface area contributed by atoms with Crippen LogP contribution in [0.25, 0.3) is 0 Å². The van der Waals surface area contributed by atoms with E-state index in [4.69, 9.17) is 0 Å². The van der Waals surface area contributed by atoms with E-state index < -0.39 is 0 Å². The molecular formula is C19H22N2O2S. The molecule has 0 spiro atoms. The molecule has 5 heteroatoms. The number of benzene rings is 2. The Morgan fingerprint density at radius 2 is 1.67 bits per heavy atom. The summed E-state index contributed by atoms with van der Waals surface area (Å²) in [5.41, 5.74) is 2.83. The Kier molecular flexibility index (Phi) is 6.44. The van der Waals surface area contributed by atoms with Crippen molar-refractivity contribution in [2.75, 3.05) is 19.8 Å². The number of rotatable bonds is 6. The van der Waals surface area contributed by atoms with Crippen molar-refractivity contribution >= 4 is 23.6 Å². The Hall–Kier alpha value is -2.27. The molecule has 2 aromatic carbocycles. The van der Waals surface area contributed by atoms with Crippen LogP contribution in [0.1, 0.15) is 21.5 Å². The monoisotopic (exact) mass is 342 g/mol. The normalized spacial score (nSPS) is 10.3. The molecule has 0 radical (unpaired) electrons. The average molecular weight is 342 g/mol. The van der Waals surface area contributed by atoms with E-state index in [1.54, 1.807) is 42.9 Å². The summed E-state index contributed by atoms with van der Waals surface area (Å²) in [5.74, 6) is 0.382. The second kappa shape index (κ2) is 8.55. The van der Waals surface area contributed by atoms with Gasteiger partial charge in [0, 0.05) is 31.1 Å². The molecule has 2 rings (SSSR count). The fourth-order valence-corrected chi connectivity index (χ4v) is 3.00. The molecule has 0 aliphatic carbocycles. The molecule has 0 saturated carbocycles. The van der Waals surface area contributed by atoms with Crippen LogP contribution in [-0.2, 0) is 11.3 Å². The van der Waals surface area contributed by atoms with Crippen molar-refractivity contribution in [3.05, 3.63) is 65.2 Å². The van der Waals surface area contributed by atoms with Crippen molar-refractivity contribution in [3.8, 4) is 0 Å². The molecule has 0 heterocycles. The molecule has 2 aromatic rings. The third-order valence-corrected chi connectivity index (χ3v) is 4.67. The smallest absolute Gasteiger partial charge is 0.251 e. The van der Waals surface area contributed by atoms with E-state index in [1.165, 1.54) is 5.56 Å². The van der Waals surface area contributed by atoms with E-state index in [0.29, 0.717) is 17.9 Å². The zero-order chi connectivity index (χ0) is 17.5. The van der Waals surface area contributed by atoms with Gasteiger partial charge in [0.05, 0.1) is 5.75 Å². The van der Waals surface area contributed by atoms with E-state index in [9.17, 15) is 9.59 Å². The molecule has 0 aliphatic rings. The minimum atomic E-state index is -0.111. The maximum atomic E-state index is 12.3. The summed E-state index contributed by atoms with van der Waals surface area (Å²) in [4.78, 5) is 26.6. The Labute approximate surface area is 147 Å². The van der Waals surface area contributed by atoms with Gasteiger partial charge in [0.1, 0.15) is 0 Å². The van der Waals surface area contributed by atoms with Gasteiger partial charge in [0.25, 0.3) is 5.91 Å². The van der Waals surface area contributed by atoms with Crippen LogP contribution >= 0.6 is 11.8 Å². The summed E-state index contributed by atoms with van der Waals surface area (Å²) in [5, 5.41) is 2.59. The Balaban J connectivity index is 1.86. The first-order valence-electron chi connectivity index (χ1n) is 7.74. The molecule has 2 amide bonds. The Morgan fingerprint density at radius 3 is 2.25 bits per heavy atom. The van der Waals surface area contributed by atoms with E-state index in [0.717, 1.165) is 10.5 Å². The lowest BCUT2D eigenvalue weighted by Gasteiger charge is -2.17. The predicted octanol–water partition coefficient (Wildman–Crippen LogP) is 3.11. The number of thioether (sulfide) groups is 1. The molecule has 0 aromatic heterocycles. The second-order valence-corrected chi connectivity index (χ2v) is 6.68. The zero-order valence-corrected chi connectivity index (χ0v) is 15.0. The molecule has 126 valence electrons. The number of nitrogens with zero attached hydrogens (tertiary/aromatic N) is 1. The van der Waals surface area contributed by atoms with Gasteiger partial charge in [-0.25, -0.2) is 0 Å². The Bertz CT molecular complexity index is 696. The first-order valence-corrected chi connectivity index (χ1v) is 8.72. The number of aryl methyl sites for hydroxylation is 1. The van der Waals surface area contributed by atoms with Crippen LogP contribution < -0.4 is 5.32 Å². The van der Waals surface area contributed by atoms with Crippen LogP contribution in [0, 0.1) is 6.92 Å². The highest BCUT2D eigenvalue weighted by Crippen LogP contribution is 2.19. The SMILES string of the molecule is CNC(=O)c1ccc(CN(C)C(=O)CSc2ccc(C)cc2)cc1. The molecule has 4 nitrogen and oxygen atoms in total. The maximum absolute atomic E-state index is 12.3. The van der Waals surface area contributed by atoms with Gasteiger partial charge in [-0.15, -0.1) is 11.8 Å². The topological polar surface area (TPSA) is 49.4 Å². The molecule has 0 atom stereocenters. The fraction of sp³-hybridized carbons (Fsp3) is 0.263. The van der Waals surface area contributed by atoms with Gasteiger partial charge in [-0.3, -0.25) is 9.59 Å². The van der Waals surface area contributed by atoms with Crippen molar-refractivity contribution in [1.82, 2.24) is 10.2 Å². The molecule has 24 heavy (non-hydrogen) atoms. The van der Waals surface area contributed by atoms with Crippen LogP contribution in [0.15, 0.2) is 53.4 Å². The standard InChI is InChI=1S/C19H22N2O2S/c1-14-4-10-17(11-5-14)24-13-18(22)21(3)12-15-6-8-16(9-7-15)19(23)20-2/h4-11H,12-13H2,1-3H3,(H,20,23). The molecule has 0 fully saturated rings. The van der Waals surface area contributed by atoms with Gasteiger partial charge in [-0.2, -0.15) is 0 Å². The number of amides is 2. The highest BCUT2D eigenvalue weighted by atomic mass is 32.2. The van der Waals surface area contributed by atoms with E-state index in [1.807, 2.05) is 43.3 Å². The van der Waals surface area contributed by atoms with E-state index in [-0.39, 0.29) is 11.8 Å². The first kappa shape index (κ1) is 18.1. The molecule has 0 aliphatic heterocycles. The van der Waals surface area contributed by atoms with Crippen LogP contribution in [0.3, 0.4) is 0 Å². The summed E-state index contributed by atoms with van der Waals surface area (Å²) < 4.78 is 0.